The van der Waals surface area contributed by atoms with Crippen molar-refractivity contribution < 1.29 is 9.21 Å². The minimum atomic E-state index is -0.271. The number of hydrogen-bond acceptors (Lipinski definition) is 3. The Bertz CT molecular complexity index is 852. The van der Waals surface area contributed by atoms with Crippen LogP contribution in [0.25, 0.3) is 11.0 Å². The first-order valence-electron chi connectivity index (χ1n) is 7.19. The van der Waals surface area contributed by atoms with Gasteiger partial charge in [0.2, 0.25) is 0 Å². The Morgan fingerprint density at radius 2 is 2.17 bits per heavy atom. The van der Waals surface area contributed by atoms with Gasteiger partial charge in [-0.05, 0) is 31.2 Å². The number of halogens is 1. The van der Waals surface area contributed by atoms with E-state index in [-0.39, 0.29) is 17.7 Å². The van der Waals surface area contributed by atoms with Gasteiger partial charge in [-0.3, -0.25) is 4.79 Å². The first-order chi connectivity index (χ1) is 11.1. The number of para-hydroxylation sites is 2. The summed E-state index contributed by atoms with van der Waals surface area (Å²) in [6.07, 6.45) is 1.48. The Balaban J connectivity index is 1.94. The topological polar surface area (TPSA) is 60.1 Å². The van der Waals surface area contributed by atoms with Crippen LogP contribution in [0.15, 0.2) is 58.1 Å². The Labute approximate surface area is 142 Å². The first kappa shape index (κ1) is 15.6. The summed E-state index contributed by atoms with van der Waals surface area (Å²) in [5.74, 6) is 0.787. The summed E-state index contributed by atoms with van der Waals surface area (Å²) >= 11 is 3.40. The number of carbonyl (C=O) groups excluding carboxylic acids is 1. The molecule has 0 bridgehead atoms. The molecule has 0 aliphatic heterocycles. The van der Waals surface area contributed by atoms with Crippen molar-refractivity contribution in [1.29, 1.82) is 0 Å². The Morgan fingerprint density at radius 1 is 1.39 bits per heavy atom. The maximum absolute atomic E-state index is 12.2. The number of hydrogen-bond donors (Lipinski definition) is 1. The van der Waals surface area contributed by atoms with Gasteiger partial charge in [0, 0.05) is 4.48 Å². The molecule has 0 fully saturated rings. The van der Waals surface area contributed by atoms with Crippen LogP contribution in [0.4, 0.5) is 0 Å². The molecule has 0 spiro atoms. The lowest BCUT2D eigenvalue weighted by atomic mass is 10.3. The highest BCUT2D eigenvalue weighted by Gasteiger charge is 2.20. The fraction of sp³-hybridized carbons (Fsp3) is 0.176. The molecule has 6 heteroatoms. The van der Waals surface area contributed by atoms with E-state index in [0.29, 0.717) is 6.54 Å². The van der Waals surface area contributed by atoms with E-state index in [1.807, 2.05) is 35.8 Å². The van der Waals surface area contributed by atoms with Gasteiger partial charge in [0.15, 0.2) is 5.76 Å². The molecule has 118 valence electrons. The van der Waals surface area contributed by atoms with Crippen molar-refractivity contribution in [2.45, 2.75) is 19.5 Å². The lowest BCUT2D eigenvalue weighted by Crippen LogP contribution is -2.28. The molecule has 1 aromatic carbocycles. The molecule has 1 amide bonds. The highest BCUT2D eigenvalue weighted by molar-refractivity contribution is 9.11. The van der Waals surface area contributed by atoms with Crippen molar-refractivity contribution in [3.63, 3.8) is 0 Å². The van der Waals surface area contributed by atoms with Gasteiger partial charge in [-0.25, -0.2) is 4.98 Å². The molecule has 0 saturated heterocycles. The SMILES string of the molecule is C=C(Br)Cn1c([C@H](C)NC(=O)c2ccco2)nc2ccccc21. The molecular weight excluding hydrogens is 358 g/mol. The van der Waals surface area contributed by atoms with Gasteiger partial charge >= 0.3 is 0 Å². The molecule has 0 radical (unpaired) electrons. The van der Waals surface area contributed by atoms with Gasteiger partial charge in [-0.15, -0.1) is 0 Å². The quantitative estimate of drug-likeness (QED) is 0.734. The number of furan rings is 1. The third kappa shape index (κ3) is 3.22. The summed E-state index contributed by atoms with van der Waals surface area (Å²) in [6.45, 7) is 6.38. The number of nitrogens with zero attached hydrogens (tertiary/aromatic N) is 2. The van der Waals surface area contributed by atoms with E-state index in [2.05, 4.69) is 32.8 Å². The summed E-state index contributed by atoms with van der Waals surface area (Å²) in [4.78, 5) is 16.8. The van der Waals surface area contributed by atoms with Gasteiger partial charge < -0.3 is 14.3 Å². The van der Waals surface area contributed by atoms with Gasteiger partial charge in [-0.1, -0.05) is 34.6 Å². The Kier molecular flexibility index (Phi) is 4.34. The van der Waals surface area contributed by atoms with E-state index in [0.717, 1.165) is 21.3 Å². The van der Waals surface area contributed by atoms with Crippen molar-refractivity contribution in [1.82, 2.24) is 14.9 Å². The molecule has 2 heterocycles. The van der Waals surface area contributed by atoms with Crippen LogP contribution in [0.1, 0.15) is 29.3 Å². The lowest BCUT2D eigenvalue weighted by Gasteiger charge is -2.15. The lowest BCUT2D eigenvalue weighted by molar-refractivity contribution is 0.0909. The van der Waals surface area contributed by atoms with E-state index in [4.69, 9.17) is 4.42 Å². The van der Waals surface area contributed by atoms with Crippen LogP contribution in [0, 0.1) is 0 Å². The number of nitrogens with one attached hydrogen (secondary N) is 1. The highest BCUT2D eigenvalue weighted by Crippen LogP contribution is 2.23. The highest BCUT2D eigenvalue weighted by atomic mass is 79.9. The molecule has 3 aromatic rings. The van der Waals surface area contributed by atoms with E-state index in [1.165, 1.54) is 6.26 Å². The zero-order valence-corrected chi connectivity index (χ0v) is 14.2. The third-order valence-electron chi connectivity index (χ3n) is 3.49. The van der Waals surface area contributed by atoms with Crippen molar-refractivity contribution in [2.75, 3.05) is 0 Å². The Morgan fingerprint density at radius 3 is 2.87 bits per heavy atom. The second-order valence-electron chi connectivity index (χ2n) is 5.23. The number of aromatic nitrogens is 2. The fourth-order valence-corrected chi connectivity index (χ4v) is 2.75. The molecule has 1 N–H and O–H groups in total. The fourth-order valence-electron chi connectivity index (χ4n) is 2.50. The molecule has 0 aliphatic carbocycles. The molecular formula is C17H16BrN3O2. The second-order valence-corrected chi connectivity index (χ2v) is 6.36. The average Bonchev–Trinajstić information content (AvgIpc) is 3.15. The third-order valence-corrected chi connectivity index (χ3v) is 3.74. The maximum atomic E-state index is 12.2. The van der Waals surface area contributed by atoms with Gasteiger partial charge in [0.1, 0.15) is 5.82 Å². The second kappa shape index (κ2) is 6.42. The van der Waals surface area contributed by atoms with Crippen LogP contribution in [0.5, 0.6) is 0 Å². The Hall–Kier alpha value is -2.34. The molecule has 5 nitrogen and oxygen atoms in total. The maximum Gasteiger partial charge on any atom is 0.287 e. The molecule has 1 atom stereocenters. The van der Waals surface area contributed by atoms with E-state index in [9.17, 15) is 4.79 Å². The van der Waals surface area contributed by atoms with Crippen molar-refractivity contribution >= 4 is 32.9 Å². The average molecular weight is 374 g/mol. The number of fused-ring (bicyclic) bond motifs is 1. The molecule has 0 unspecified atom stereocenters. The number of imidazole rings is 1. The van der Waals surface area contributed by atoms with Crippen molar-refractivity contribution in [3.05, 3.63) is 65.3 Å². The molecule has 0 saturated carbocycles. The van der Waals surface area contributed by atoms with Crippen molar-refractivity contribution in [3.8, 4) is 0 Å². The predicted octanol–water partition coefficient (Wildman–Crippen LogP) is 4.03. The minimum absolute atomic E-state index is 0.265. The van der Waals surface area contributed by atoms with Crippen molar-refractivity contribution in [2.24, 2.45) is 0 Å². The molecule has 0 aliphatic rings. The zero-order valence-electron chi connectivity index (χ0n) is 12.6. The largest absolute Gasteiger partial charge is 0.459 e. The number of amides is 1. The number of carbonyl (C=O) groups is 1. The summed E-state index contributed by atoms with van der Waals surface area (Å²) in [5, 5.41) is 2.91. The monoisotopic (exact) mass is 373 g/mol. The standard InChI is InChI=1S/C17H16BrN3O2/c1-11(18)10-21-14-7-4-3-6-13(14)20-16(21)12(2)19-17(22)15-8-5-9-23-15/h3-9,12H,1,10H2,2H3,(H,19,22)/t12-/m0/s1. The van der Waals surface area contributed by atoms with Gasteiger partial charge in [0.05, 0.1) is 29.9 Å². The van der Waals surface area contributed by atoms with E-state index >= 15 is 0 Å². The van der Waals surface area contributed by atoms with Crippen LogP contribution in [-0.4, -0.2) is 15.5 Å². The smallest absolute Gasteiger partial charge is 0.287 e. The van der Waals surface area contributed by atoms with Gasteiger partial charge in [-0.2, -0.15) is 0 Å². The first-order valence-corrected chi connectivity index (χ1v) is 7.98. The zero-order chi connectivity index (χ0) is 16.4. The van der Waals surface area contributed by atoms with Crippen LogP contribution in [0.2, 0.25) is 0 Å². The number of benzene rings is 1. The van der Waals surface area contributed by atoms with Crippen LogP contribution in [-0.2, 0) is 6.54 Å². The molecule has 2 aromatic heterocycles. The number of allylic oxidation sites excluding steroid dienone is 1. The van der Waals surface area contributed by atoms with Gasteiger partial charge in [0.25, 0.3) is 5.91 Å². The normalized spacial score (nSPS) is 12.3. The number of rotatable bonds is 5. The minimum Gasteiger partial charge on any atom is -0.459 e. The van der Waals surface area contributed by atoms with Crippen LogP contribution >= 0.6 is 15.9 Å². The van der Waals surface area contributed by atoms with E-state index in [1.54, 1.807) is 12.1 Å². The van der Waals surface area contributed by atoms with Crippen LogP contribution in [0.3, 0.4) is 0 Å². The summed E-state index contributed by atoms with van der Waals surface area (Å²) in [6, 6.07) is 10.9. The molecule has 3 rings (SSSR count). The van der Waals surface area contributed by atoms with E-state index < -0.39 is 0 Å². The summed E-state index contributed by atoms with van der Waals surface area (Å²) in [5.41, 5.74) is 1.89. The summed E-state index contributed by atoms with van der Waals surface area (Å²) < 4.78 is 8.01. The predicted molar refractivity (Wildman–Crippen MR) is 92.4 cm³/mol. The molecule has 23 heavy (non-hydrogen) atoms. The summed E-state index contributed by atoms with van der Waals surface area (Å²) in [7, 11) is 0. The van der Waals surface area contributed by atoms with Crippen LogP contribution < -0.4 is 5.32 Å².